The van der Waals surface area contributed by atoms with Crippen LogP contribution in [-0.2, 0) is 25.3 Å². The van der Waals surface area contributed by atoms with Crippen LogP contribution < -0.4 is 0 Å². The molecule has 0 rings (SSSR count). The Morgan fingerprint density at radius 1 is 0.846 bits per heavy atom. The molecule has 3 heteroatoms. The van der Waals surface area contributed by atoms with Gasteiger partial charge in [-0.05, 0) is 0 Å². The van der Waals surface area contributed by atoms with E-state index in [4.69, 9.17) is 0 Å². The average Bonchev–Trinajstić information content (AvgIpc) is 2.18. The molecule has 0 aromatic rings. The maximum absolute atomic E-state index is 4.45. The first-order valence-corrected chi connectivity index (χ1v) is 10.4. The van der Waals surface area contributed by atoms with Crippen molar-refractivity contribution >= 4 is 46.4 Å². The van der Waals surface area contributed by atoms with Gasteiger partial charge in [-0.3, -0.25) is 0 Å². The summed E-state index contributed by atoms with van der Waals surface area (Å²) in [7, 11) is 0. The number of hydrogen-bond acceptors (Lipinski definition) is 2. The van der Waals surface area contributed by atoms with Gasteiger partial charge in [-0.15, -0.1) is 0 Å². The van der Waals surface area contributed by atoms with Gasteiger partial charge in [0.05, 0.1) is 0 Å². The third-order valence-electron chi connectivity index (χ3n) is 1.50. The first kappa shape index (κ1) is 16.9. The molecule has 0 amide bonds. The Labute approximate surface area is 106 Å². The molecule has 0 aliphatic carbocycles. The standard InChI is InChI=1S/2C4H9.C2H6S2.Sn/c2*1-3-4-2;3-1-2-4;/h2*1,3-4H2,2H3;3-4H,1-2H2;/q;;;+2/p-2. The molecule has 0 aromatic carbocycles. The molecule has 0 fully saturated rings. The van der Waals surface area contributed by atoms with Crippen LogP contribution in [0.15, 0.2) is 0 Å². The van der Waals surface area contributed by atoms with Crippen LogP contribution >= 0.6 is 0 Å². The molecule has 0 aliphatic rings. The van der Waals surface area contributed by atoms with Gasteiger partial charge in [-0.2, -0.15) is 11.5 Å². The number of unbranched alkanes of at least 4 members (excludes halogenated alkanes) is 2. The Morgan fingerprint density at radius 2 is 1.23 bits per heavy atom. The Balaban J connectivity index is 0. The molecule has 0 aliphatic heterocycles. The molecule has 0 bridgehead atoms. The minimum Gasteiger partial charge on any atom is -0.794 e. The first-order valence-electron chi connectivity index (χ1n) is 5.20. The van der Waals surface area contributed by atoms with E-state index in [0.717, 1.165) is 11.5 Å². The SMILES string of the molecule is CCC[CH2][Sn+2][CH2]CCC.[S-]CC[S-]. The third-order valence-corrected chi connectivity index (χ3v) is 6.20. The molecule has 0 spiro atoms. The van der Waals surface area contributed by atoms with Crippen LogP contribution in [0.1, 0.15) is 39.5 Å². The fraction of sp³-hybridized carbons (Fsp3) is 1.00. The summed E-state index contributed by atoms with van der Waals surface area (Å²) in [5.41, 5.74) is 0. The molecule has 0 nitrogen and oxygen atoms in total. The second-order valence-electron chi connectivity index (χ2n) is 2.87. The van der Waals surface area contributed by atoms with Crippen LogP contribution in [0.2, 0.25) is 8.87 Å². The summed E-state index contributed by atoms with van der Waals surface area (Å²) >= 11 is 9.05. The van der Waals surface area contributed by atoms with E-state index in [9.17, 15) is 0 Å². The fourth-order valence-electron chi connectivity index (χ4n) is 0.729. The minimum atomic E-state index is 0.149. The molecule has 0 heterocycles. The Hall–Kier alpha value is 1.50. The number of rotatable bonds is 7. The van der Waals surface area contributed by atoms with Crippen molar-refractivity contribution in [3.05, 3.63) is 0 Å². The zero-order chi connectivity index (χ0) is 10.4. The van der Waals surface area contributed by atoms with Crippen molar-refractivity contribution in [3.8, 4) is 0 Å². The molecule has 0 radical (unpaired) electrons. The molecular formula is C10H22S2Sn. The molecule has 0 atom stereocenters. The molecule has 0 saturated heterocycles. The van der Waals surface area contributed by atoms with E-state index in [1.54, 1.807) is 8.87 Å². The predicted molar refractivity (Wildman–Crippen MR) is 69.6 cm³/mol. The van der Waals surface area contributed by atoms with Crippen molar-refractivity contribution < 1.29 is 0 Å². The van der Waals surface area contributed by atoms with Crippen molar-refractivity contribution in [2.24, 2.45) is 0 Å². The summed E-state index contributed by atoms with van der Waals surface area (Å²) in [4.78, 5) is 0. The monoisotopic (exact) mass is 326 g/mol. The maximum atomic E-state index is 4.45. The summed E-state index contributed by atoms with van der Waals surface area (Å²) in [6.45, 7) is 4.58. The van der Waals surface area contributed by atoms with Crippen LogP contribution in [0.4, 0.5) is 0 Å². The van der Waals surface area contributed by atoms with Gasteiger partial charge < -0.3 is 25.3 Å². The van der Waals surface area contributed by atoms with E-state index in [-0.39, 0.29) is 21.1 Å². The summed E-state index contributed by atoms with van der Waals surface area (Å²) in [5.74, 6) is 1.44. The smallest absolute Gasteiger partial charge is 0.199 e. The Bertz CT molecular complexity index is 61.9. The Kier molecular flexibility index (Phi) is 24.9. The van der Waals surface area contributed by atoms with E-state index >= 15 is 0 Å². The van der Waals surface area contributed by atoms with E-state index in [1.165, 1.54) is 25.7 Å². The average molecular weight is 325 g/mol. The molecule has 0 unspecified atom stereocenters. The molecular weight excluding hydrogens is 303 g/mol. The first-order chi connectivity index (χ1) is 6.33. The minimum absolute atomic E-state index is 0.149. The topological polar surface area (TPSA) is 0 Å². The quantitative estimate of drug-likeness (QED) is 0.401. The van der Waals surface area contributed by atoms with Crippen LogP contribution in [0.25, 0.3) is 0 Å². The summed E-state index contributed by atoms with van der Waals surface area (Å²) in [5, 5.41) is 0. The van der Waals surface area contributed by atoms with Crippen molar-refractivity contribution in [2.45, 2.75) is 48.4 Å². The van der Waals surface area contributed by atoms with Gasteiger partial charge in [0.2, 0.25) is 0 Å². The second-order valence-corrected chi connectivity index (χ2v) is 7.96. The molecule has 13 heavy (non-hydrogen) atoms. The van der Waals surface area contributed by atoms with Gasteiger partial charge in [-0.25, -0.2) is 0 Å². The normalized spacial score (nSPS) is 8.62. The Morgan fingerprint density at radius 3 is 1.46 bits per heavy atom. The van der Waals surface area contributed by atoms with Gasteiger partial charge >= 0.3 is 69.5 Å². The van der Waals surface area contributed by atoms with Gasteiger partial charge in [0.1, 0.15) is 0 Å². The third kappa shape index (κ3) is 24.7. The van der Waals surface area contributed by atoms with Gasteiger partial charge in [0.15, 0.2) is 0 Å². The van der Waals surface area contributed by atoms with Crippen molar-refractivity contribution in [1.82, 2.24) is 0 Å². The van der Waals surface area contributed by atoms with Crippen molar-refractivity contribution in [2.75, 3.05) is 11.5 Å². The summed E-state index contributed by atoms with van der Waals surface area (Å²) in [6.07, 6.45) is 5.84. The van der Waals surface area contributed by atoms with Crippen molar-refractivity contribution in [3.63, 3.8) is 0 Å². The molecule has 0 saturated carbocycles. The van der Waals surface area contributed by atoms with Gasteiger partial charge in [0.25, 0.3) is 0 Å². The van der Waals surface area contributed by atoms with Crippen LogP contribution in [0.5, 0.6) is 0 Å². The number of hydrogen-bond donors (Lipinski definition) is 0. The van der Waals surface area contributed by atoms with Crippen LogP contribution in [0, 0.1) is 0 Å². The van der Waals surface area contributed by atoms with E-state index in [1.807, 2.05) is 0 Å². The zero-order valence-electron chi connectivity index (χ0n) is 8.97. The predicted octanol–water partition coefficient (Wildman–Crippen LogP) is 3.21. The molecule has 78 valence electrons. The molecule has 0 aromatic heterocycles. The van der Waals surface area contributed by atoms with E-state index in [2.05, 4.69) is 39.1 Å². The summed E-state index contributed by atoms with van der Waals surface area (Å²) in [6, 6.07) is 0. The zero-order valence-corrected chi connectivity index (χ0v) is 13.5. The summed E-state index contributed by atoms with van der Waals surface area (Å²) < 4.78 is 3.25. The largest absolute Gasteiger partial charge is 0.794 e. The second kappa shape index (κ2) is 19.1. The fourth-order valence-corrected chi connectivity index (χ4v) is 4.89. The molecule has 0 N–H and O–H groups in total. The van der Waals surface area contributed by atoms with E-state index in [0.29, 0.717) is 0 Å². The van der Waals surface area contributed by atoms with Gasteiger partial charge in [0, 0.05) is 0 Å². The van der Waals surface area contributed by atoms with Gasteiger partial charge in [-0.1, -0.05) is 0 Å². The van der Waals surface area contributed by atoms with Crippen LogP contribution in [0.3, 0.4) is 0 Å². The van der Waals surface area contributed by atoms with Crippen LogP contribution in [-0.4, -0.2) is 32.6 Å². The maximum Gasteiger partial charge on any atom is -0.199 e. The van der Waals surface area contributed by atoms with Crippen molar-refractivity contribution in [1.29, 1.82) is 0 Å². The van der Waals surface area contributed by atoms with E-state index < -0.39 is 0 Å².